The maximum atomic E-state index is 12.9. The second kappa shape index (κ2) is 12.9. The third-order valence-electron chi connectivity index (χ3n) is 6.70. The van der Waals surface area contributed by atoms with E-state index < -0.39 is 91.2 Å². The van der Waals surface area contributed by atoms with Crippen molar-refractivity contribution in [3.05, 3.63) is 23.8 Å². The molecule has 40 heavy (non-hydrogen) atoms. The highest BCUT2D eigenvalue weighted by molar-refractivity contribution is 5.93. The average molecular weight is 578 g/mol. The number of carbonyl (C=O) groups is 2. The molecule has 226 valence electrons. The van der Waals surface area contributed by atoms with E-state index in [1.54, 1.807) is 12.4 Å². The first-order valence-electron chi connectivity index (χ1n) is 12.5. The molecular formula is C24H37N2O14+. The van der Waals surface area contributed by atoms with Gasteiger partial charge in [0.05, 0.1) is 32.3 Å². The van der Waals surface area contributed by atoms with Crippen LogP contribution < -0.4 is 11.1 Å². The minimum Gasteiger partial charge on any atom is -0.507 e. The lowest BCUT2D eigenvalue weighted by molar-refractivity contribution is -0.694. The lowest BCUT2D eigenvalue weighted by Crippen LogP contribution is -2.93. The average Bonchev–Trinajstić information content (AvgIpc) is 2.88. The number of phenolic OH excluding ortho intramolecular Hbond substituents is 1. The van der Waals surface area contributed by atoms with Crippen molar-refractivity contribution < 1.29 is 74.3 Å². The van der Waals surface area contributed by atoms with Crippen LogP contribution in [-0.4, -0.2) is 129 Å². The van der Waals surface area contributed by atoms with Gasteiger partial charge in [0.1, 0.15) is 41.8 Å². The Balaban J connectivity index is 1.68. The van der Waals surface area contributed by atoms with Crippen LogP contribution in [0.3, 0.4) is 0 Å². The molecule has 16 nitrogen and oxygen atoms in total. The summed E-state index contributed by atoms with van der Waals surface area (Å²) < 4.78 is 26.5. The Bertz CT molecular complexity index is 1040. The zero-order chi connectivity index (χ0) is 29.9. The number of quaternary nitrogens is 1. The molecule has 4 unspecified atom stereocenters. The van der Waals surface area contributed by atoms with Gasteiger partial charge in [-0.3, -0.25) is 0 Å². The van der Waals surface area contributed by atoms with Crippen LogP contribution in [0.1, 0.15) is 24.2 Å². The molecule has 2 saturated heterocycles. The van der Waals surface area contributed by atoms with Crippen molar-refractivity contribution in [2.75, 3.05) is 26.0 Å². The Hall–Kier alpha value is -2.64. The number of ether oxygens (including phenoxy) is 5. The van der Waals surface area contributed by atoms with Crippen molar-refractivity contribution in [3.8, 4) is 5.75 Å². The number of benzene rings is 1. The van der Waals surface area contributed by atoms with E-state index >= 15 is 0 Å². The summed E-state index contributed by atoms with van der Waals surface area (Å²) in [5, 5.41) is 72.8. The molecular weight excluding hydrogens is 540 g/mol. The van der Waals surface area contributed by atoms with E-state index in [0.29, 0.717) is 0 Å². The van der Waals surface area contributed by atoms with Crippen molar-refractivity contribution in [2.24, 2.45) is 5.92 Å². The van der Waals surface area contributed by atoms with Gasteiger partial charge in [-0.15, -0.1) is 0 Å². The highest BCUT2D eigenvalue weighted by Crippen LogP contribution is 2.29. The molecule has 0 radical (unpaired) electrons. The molecule has 0 aliphatic carbocycles. The molecule has 2 heterocycles. The molecule has 11 N–H and O–H groups in total. The predicted octanol–water partition coefficient (Wildman–Crippen LogP) is -4.52. The van der Waals surface area contributed by atoms with Gasteiger partial charge in [0.25, 0.3) is 5.79 Å². The van der Waals surface area contributed by atoms with E-state index in [1.165, 1.54) is 26.0 Å². The summed E-state index contributed by atoms with van der Waals surface area (Å²) in [4.78, 5) is 25.4. The molecule has 0 saturated carbocycles. The first-order chi connectivity index (χ1) is 18.7. The van der Waals surface area contributed by atoms with Crippen LogP contribution in [0.4, 0.5) is 5.69 Å². The van der Waals surface area contributed by atoms with Gasteiger partial charge in [0, 0.05) is 19.5 Å². The Kier molecular flexibility index (Phi) is 10.3. The predicted molar refractivity (Wildman–Crippen MR) is 130 cm³/mol. The lowest BCUT2D eigenvalue weighted by atomic mass is 9.88. The number of hydrogen-bond acceptors (Lipinski definition) is 15. The fourth-order valence-corrected chi connectivity index (χ4v) is 4.54. The van der Waals surface area contributed by atoms with Gasteiger partial charge in [-0.2, -0.15) is 0 Å². The third-order valence-corrected chi connectivity index (χ3v) is 6.70. The number of rotatable bonds is 9. The van der Waals surface area contributed by atoms with Gasteiger partial charge in [-0.1, -0.05) is 0 Å². The van der Waals surface area contributed by atoms with Gasteiger partial charge in [0.2, 0.25) is 6.29 Å². The minimum absolute atomic E-state index is 0.162. The molecule has 1 aromatic rings. The highest BCUT2D eigenvalue weighted by Gasteiger charge is 2.51. The van der Waals surface area contributed by atoms with Crippen molar-refractivity contribution in [1.29, 1.82) is 0 Å². The molecule has 0 bridgehead atoms. The number of aliphatic hydroxyl groups excluding tert-OH is 6. The third kappa shape index (κ3) is 6.98. The van der Waals surface area contributed by atoms with Gasteiger partial charge in [0.15, 0.2) is 12.4 Å². The lowest BCUT2D eigenvalue weighted by Gasteiger charge is -2.43. The highest BCUT2D eigenvalue weighted by atomic mass is 16.8. The normalized spacial score (nSPS) is 34.7. The topological polar surface area (TPSA) is 265 Å². The fourth-order valence-electron chi connectivity index (χ4n) is 4.54. The van der Waals surface area contributed by atoms with Gasteiger partial charge >= 0.3 is 11.9 Å². The summed E-state index contributed by atoms with van der Waals surface area (Å²) >= 11 is 0. The summed E-state index contributed by atoms with van der Waals surface area (Å²) in [7, 11) is 1.61. The molecule has 3 rings (SSSR count). The Morgan fingerprint density at radius 3 is 2.33 bits per heavy atom. The molecule has 16 heteroatoms. The van der Waals surface area contributed by atoms with Gasteiger partial charge < -0.3 is 70.5 Å². The van der Waals surface area contributed by atoms with Crippen molar-refractivity contribution >= 4 is 17.6 Å². The summed E-state index contributed by atoms with van der Waals surface area (Å²) in [5.74, 6) is -5.61. The molecule has 2 aliphatic heterocycles. The summed E-state index contributed by atoms with van der Waals surface area (Å²) in [6.45, 7) is 1.41. The number of nitrogens with two attached hydrogens (primary N) is 2. The van der Waals surface area contributed by atoms with E-state index in [1.807, 2.05) is 0 Å². The molecule has 0 amide bonds. The van der Waals surface area contributed by atoms with Crippen LogP contribution in [0.15, 0.2) is 18.2 Å². The number of hydrogen-bond donors (Lipinski definition) is 9. The minimum atomic E-state index is -1.97. The van der Waals surface area contributed by atoms with E-state index in [-0.39, 0.29) is 17.9 Å². The Morgan fingerprint density at radius 2 is 1.70 bits per heavy atom. The molecule has 2 aliphatic rings. The molecule has 0 spiro atoms. The fraction of sp³-hybridized carbons (Fsp3) is 0.667. The molecule has 1 aromatic carbocycles. The van der Waals surface area contributed by atoms with Crippen LogP contribution in [0.2, 0.25) is 0 Å². The zero-order valence-corrected chi connectivity index (χ0v) is 22.1. The largest absolute Gasteiger partial charge is 0.507 e. The van der Waals surface area contributed by atoms with Crippen LogP contribution in [0, 0.1) is 5.92 Å². The van der Waals surface area contributed by atoms with E-state index in [2.05, 4.69) is 0 Å². The summed E-state index contributed by atoms with van der Waals surface area (Å²) in [6, 6.07) is 2.94. The van der Waals surface area contributed by atoms with Crippen molar-refractivity contribution in [3.63, 3.8) is 0 Å². The van der Waals surface area contributed by atoms with Gasteiger partial charge in [-0.05, 0) is 18.2 Å². The van der Waals surface area contributed by atoms with E-state index in [4.69, 9.17) is 29.4 Å². The van der Waals surface area contributed by atoms with Crippen LogP contribution in [0.25, 0.3) is 0 Å². The zero-order valence-electron chi connectivity index (χ0n) is 22.1. The number of phenols is 1. The van der Waals surface area contributed by atoms with Gasteiger partial charge in [-0.25, -0.2) is 9.59 Å². The first-order valence-corrected chi connectivity index (χ1v) is 12.5. The number of likely N-dealkylation sites (N-methyl/N-ethyl adjacent to an activating group) is 1. The number of aromatic hydroxyl groups is 1. The maximum Gasteiger partial charge on any atom is 0.345 e. The van der Waals surface area contributed by atoms with Crippen LogP contribution in [0.5, 0.6) is 5.75 Å². The Labute approximate surface area is 228 Å². The standard InChI is InChI=1S/C24H36N2O14/c1-24(2,39-20(33)10-6-9(25)4-5-12(10)28)40-22(35)19-17(31)16(30)18(32)23(38-19)36-8-11-14(26-3)21(34)37-13(7-27)15(11)29/h4-6,11,13-19,21,23,26-32,34H,7-8,25H2,1-3H3/p+1/t11-,13?,14?,15+,16+,17-,18?,19?,21+,23+/m0/s1. The number of aliphatic hydroxyl groups is 6. The maximum absolute atomic E-state index is 12.9. The monoisotopic (exact) mass is 577 g/mol. The quantitative estimate of drug-likeness (QED) is 0.0579. The SMILES string of the molecule is C[NH2+]C1[C@H](O)OC(CO)[C@H](O)[C@H]1CO[C@@H]1OC(C(=O)OC(C)(C)OC(=O)c2cc(N)ccc2O)[C@@H](O)[C@@H](O)C1O. The Morgan fingerprint density at radius 1 is 1.02 bits per heavy atom. The van der Waals surface area contributed by atoms with E-state index in [0.717, 1.165) is 6.07 Å². The van der Waals surface area contributed by atoms with Crippen molar-refractivity contribution in [2.45, 2.75) is 74.9 Å². The number of carbonyl (C=O) groups excluding carboxylic acids is 2. The molecule has 2 fully saturated rings. The second-order valence-electron chi connectivity index (χ2n) is 10.0. The van der Waals surface area contributed by atoms with Crippen LogP contribution >= 0.6 is 0 Å². The molecule has 0 aromatic heterocycles. The smallest absolute Gasteiger partial charge is 0.345 e. The van der Waals surface area contributed by atoms with Crippen molar-refractivity contribution in [1.82, 2.24) is 0 Å². The molecule has 10 atom stereocenters. The number of esters is 2. The van der Waals surface area contributed by atoms with E-state index in [9.17, 15) is 45.3 Å². The second-order valence-corrected chi connectivity index (χ2v) is 10.0. The summed E-state index contributed by atoms with van der Waals surface area (Å²) in [6.07, 6.45) is -13.1. The number of anilines is 1. The first kappa shape index (κ1) is 31.9. The number of nitrogen functional groups attached to an aromatic ring is 1. The summed E-state index contributed by atoms with van der Waals surface area (Å²) in [5.41, 5.74) is 5.49. The van der Waals surface area contributed by atoms with Crippen LogP contribution in [-0.2, 0) is 28.5 Å².